The van der Waals surface area contributed by atoms with E-state index in [1.165, 1.54) is 12.1 Å². The summed E-state index contributed by atoms with van der Waals surface area (Å²) < 4.78 is 13.1. The highest BCUT2D eigenvalue weighted by atomic mass is 35.5. The molecule has 0 aliphatic heterocycles. The minimum atomic E-state index is -0.639. The van der Waals surface area contributed by atoms with Crippen LogP contribution in [0.4, 0.5) is 10.1 Å². The van der Waals surface area contributed by atoms with Crippen LogP contribution in [0.1, 0.15) is 6.42 Å². The number of hydrogen-bond donors (Lipinski definition) is 2. The molecular formula is C10H11Cl2FN2O. The molecule has 0 spiro atoms. The lowest BCUT2D eigenvalue weighted by Gasteiger charge is -2.07. The quantitative estimate of drug-likeness (QED) is 0.822. The first-order chi connectivity index (χ1) is 7.54. The molecule has 1 amide bonds. The fourth-order valence-corrected chi connectivity index (χ4v) is 1.59. The Kier molecular flexibility index (Phi) is 4.83. The van der Waals surface area contributed by atoms with Crippen LogP contribution in [0.5, 0.6) is 0 Å². The molecule has 88 valence electrons. The first kappa shape index (κ1) is 13.1. The van der Waals surface area contributed by atoms with Gasteiger partial charge in [-0.1, -0.05) is 23.2 Å². The maximum atomic E-state index is 13.1. The van der Waals surface area contributed by atoms with Crippen molar-refractivity contribution in [2.75, 3.05) is 18.9 Å². The third kappa shape index (κ3) is 3.54. The molecule has 3 nitrogen and oxygen atoms in total. The molecule has 0 bridgehead atoms. The van der Waals surface area contributed by atoms with Crippen molar-refractivity contribution in [3.05, 3.63) is 28.0 Å². The Morgan fingerprint density at radius 2 is 1.94 bits per heavy atom. The molecule has 0 radical (unpaired) electrons. The van der Waals surface area contributed by atoms with Crippen LogP contribution in [0.25, 0.3) is 0 Å². The predicted molar refractivity (Wildman–Crippen MR) is 63.6 cm³/mol. The average molecular weight is 265 g/mol. The lowest BCUT2D eigenvalue weighted by molar-refractivity contribution is -0.120. The Bertz CT molecular complexity index is 375. The van der Waals surface area contributed by atoms with Crippen LogP contribution in [0.2, 0.25) is 10.0 Å². The topological polar surface area (TPSA) is 41.1 Å². The van der Waals surface area contributed by atoms with E-state index in [0.717, 1.165) is 0 Å². The van der Waals surface area contributed by atoms with Crippen LogP contribution in [-0.2, 0) is 4.79 Å². The van der Waals surface area contributed by atoms with Crippen LogP contribution >= 0.6 is 23.2 Å². The van der Waals surface area contributed by atoms with Crippen molar-refractivity contribution in [2.24, 2.45) is 0 Å². The minimum Gasteiger partial charge on any atom is -0.384 e. The highest BCUT2D eigenvalue weighted by molar-refractivity contribution is 6.35. The Morgan fingerprint density at radius 3 is 2.44 bits per heavy atom. The van der Waals surface area contributed by atoms with Crippen LogP contribution in [0.15, 0.2) is 12.1 Å². The number of carbonyl (C=O) groups is 1. The summed E-state index contributed by atoms with van der Waals surface area (Å²) in [6.45, 7) is 0.429. The molecule has 2 N–H and O–H groups in total. The SMILES string of the molecule is CNC(=O)CCNc1cc(Cl)c(F)c(Cl)c1. The van der Waals surface area contributed by atoms with Crippen molar-refractivity contribution in [3.63, 3.8) is 0 Å². The van der Waals surface area contributed by atoms with Crippen molar-refractivity contribution in [2.45, 2.75) is 6.42 Å². The van der Waals surface area contributed by atoms with Gasteiger partial charge in [-0.3, -0.25) is 4.79 Å². The van der Waals surface area contributed by atoms with Gasteiger partial charge in [0.05, 0.1) is 10.0 Å². The summed E-state index contributed by atoms with van der Waals surface area (Å²) in [4.78, 5) is 10.9. The maximum absolute atomic E-state index is 13.1. The first-order valence-electron chi connectivity index (χ1n) is 4.63. The fraction of sp³-hybridized carbons (Fsp3) is 0.300. The van der Waals surface area contributed by atoms with Gasteiger partial charge in [-0.05, 0) is 12.1 Å². The molecule has 0 atom stereocenters. The number of benzene rings is 1. The number of anilines is 1. The summed E-state index contributed by atoms with van der Waals surface area (Å²) in [7, 11) is 1.56. The van der Waals surface area contributed by atoms with E-state index in [2.05, 4.69) is 10.6 Å². The van der Waals surface area contributed by atoms with Gasteiger partial charge in [-0.25, -0.2) is 4.39 Å². The highest BCUT2D eigenvalue weighted by Crippen LogP contribution is 2.27. The second-order valence-corrected chi connectivity index (χ2v) is 3.92. The summed E-state index contributed by atoms with van der Waals surface area (Å²) in [6.07, 6.45) is 0.323. The van der Waals surface area contributed by atoms with Gasteiger partial charge in [0.2, 0.25) is 5.91 Å². The monoisotopic (exact) mass is 264 g/mol. The number of carbonyl (C=O) groups excluding carboxylic acids is 1. The zero-order valence-corrected chi connectivity index (χ0v) is 10.1. The van der Waals surface area contributed by atoms with Crippen LogP contribution in [0, 0.1) is 5.82 Å². The Morgan fingerprint density at radius 1 is 1.38 bits per heavy atom. The molecule has 1 aromatic rings. The van der Waals surface area contributed by atoms with E-state index in [9.17, 15) is 9.18 Å². The van der Waals surface area contributed by atoms with Gasteiger partial charge in [0.25, 0.3) is 0 Å². The molecule has 1 aromatic carbocycles. The van der Waals surface area contributed by atoms with E-state index < -0.39 is 5.82 Å². The van der Waals surface area contributed by atoms with E-state index in [1.54, 1.807) is 7.05 Å². The van der Waals surface area contributed by atoms with Gasteiger partial charge < -0.3 is 10.6 Å². The van der Waals surface area contributed by atoms with Gasteiger partial charge >= 0.3 is 0 Å². The summed E-state index contributed by atoms with van der Waals surface area (Å²) in [5.41, 5.74) is 0.584. The molecule has 1 rings (SSSR count). The smallest absolute Gasteiger partial charge is 0.221 e. The van der Waals surface area contributed by atoms with E-state index in [0.29, 0.717) is 18.7 Å². The second kappa shape index (κ2) is 5.92. The predicted octanol–water partition coefficient (Wildman–Crippen LogP) is 2.68. The van der Waals surface area contributed by atoms with E-state index in [-0.39, 0.29) is 16.0 Å². The summed E-state index contributed by atoms with van der Waals surface area (Å²) in [5.74, 6) is -0.716. The van der Waals surface area contributed by atoms with Crippen molar-refractivity contribution < 1.29 is 9.18 Å². The van der Waals surface area contributed by atoms with Crippen molar-refractivity contribution >= 4 is 34.8 Å². The molecule has 6 heteroatoms. The van der Waals surface area contributed by atoms with E-state index in [4.69, 9.17) is 23.2 Å². The second-order valence-electron chi connectivity index (χ2n) is 3.10. The lowest BCUT2D eigenvalue weighted by Crippen LogP contribution is -2.20. The minimum absolute atomic E-state index is 0.0463. The number of amides is 1. The number of halogens is 3. The van der Waals surface area contributed by atoms with Gasteiger partial charge in [-0.15, -0.1) is 0 Å². The average Bonchev–Trinajstić information content (AvgIpc) is 2.25. The third-order valence-corrected chi connectivity index (χ3v) is 2.49. The van der Waals surface area contributed by atoms with E-state index in [1.807, 2.05) is 0 Å². The lowest BCUT2D eigenvalue weighted by atomic mass is 10.3. The molecule has 0 heterocycles. The Balaban J connectivity index is 2.58. The molecular weight excluding hydrogens is 254 g/mol. The zero-order valence-electron chi connectivity index (χ0n) is 8.61. The molecule has 16 heavy (non-hydrogen) atoms. The van der Waals surface area contributed by atoms with Gasteiger partial charge in [0, 0.05) is 25.7 Å². The Labute approximate surface area is 103 Å². The highest BCUT2D eigenvalue weighted by Gasteiger charge is 2.07. The normalized spacial score (nSPS) is 10.0. The summed E-state index contributed by atoms with van der Waals surface area (Å²) in [5, 5.41) is 5.32. The number of nitrogens with one attached hydrogen (secondary N) is 2. The van der Waals surface area contributed by atoms with Gasteiger partial charge in [0.15, 0.2) is 5.82 Å². The molecule has 0 aromatic heterocycles. The maximum Gasteiger partial charge on any atom is 0.221 e. The van der Waals surface area contributed by atoms with Gasteiger partial charge in [-0.2, -0.15) is 0 Å². The van der Waals surface area contributed by atoms with Crippen LogP contribution < -0.4 is 10.6 Å². The zero-order chi connectivity index (χ0) is 12.1. The van der Waals surface area contributed by atoms with Crippen molar-refractivity contribution in [1.29, 1.82) is 0 Å². The van der Waals surface area contributed by atoms with E-state index >= 15 is 0 Å². The molecule has 0 saturated carbocycles. The largest absolute Gasteiger partial charge is 0.384 e. The van der Waals surface area contributed by atoms with Crippen LogP contribution in [-0.4, -0.2) is 19.5 Å². The van der Waals surface area contributed by atoms with Crippen LogP contribution in [0.3, 0.4) is 0 Å². The molecule has 0 aliphatic carbocycles. The summed E-state index contributed by atoms with van der Waals surface area (Å²) in [6, 6.07) is 2.85. The van der Waals surface area contributed by atoms with Crippen molar-refractivity contribution in [3.8, 4) is 0 Å². The standard InChI is InChI=1S/C10H11Cl2FN2O/c1-14-9(16)2-3-15-6-4-7(11)10(13)8(12)5-6/h4-5,15H,2-3H2,1H3,(H,14,16). The first-order valence-corrected chi connectivity index (χ1v) is 5.39. The fourth-order valence-electron chi connectivity index (χ4n) is 1.10. The van der Waals surface area contributed by atoms with Crippen molar-refractivity contribution in [1.82, 2.24) is 5.32 Å². The number of hydrogen-bond acceptors (Lipinski definition) is 2. The summed E-state index contributed by atoms with van der Waals surface area (Å²) >= 11 is 11.2. The molecule has 0 unspecified atom stereocenters. The third-order valence-electron chi connectivity index (χ3n) is 1.94. The molecule has 0 aliphatic rings. The Hall–Kier alpha value is -1.00. The van der Waals surface area contributed by atoms with Gasteiger partial charge in [0.1, 0.15) is 0 Å². The molecule has 0 fully saturated rings. The number of rotatable bonds is 4. The molecule has 0 saturated heterocycles.